The second kappa shape index (κ2) is 4.79. The van der Waals surface area contributed by atoms with E-state index in [1.54, 1.807) is 0 Å². The van der Waals surface area contributed by atoms with E-state index in [1.807, 2.05) is 12.1 Å². The third kappa shape index (κ3) is 2.04. The van der Waals surface area contributed by atoms with Gasteiger partial charge >= 0.3 is 0 Å². The number of benzene rings is 1. The van der Waals surface area contributed by atoms with Crippen LogP contribution in [0.1, 0.15) is 56.7 Å². The van der Waals surface area contributed by atoms with E-state index in [0.717, 1.165) is 15.9 Å². The number of halogens is 1. The Morgan fingerprint density at radius 2 is 1.95 bits per heavy atom. The van der Waals surface area contributed by atoms with Crippen molar-refractivity contribution in [2.24, 2.45) is 5.92 Å². The summed E-state index contributed by atoms with van der Waals surface area (Å²) in [5, 5.41) is 2.03. The quantitative estimate of drug-likeness (QED) is 0.666. The Labute approximate surface area is 120 Å². The minimum atomic E-state index is 0.523. The number of hydrogen-bond donors (Lipinski definition) is 0. The molecule has 0 unspecified atom stereocenters. The Hall–Kier alpha value is -1.08. The summed E-state index contributed by atoms with van der Waals surface area (Å²) in [7, 11) is 0. The van der Waals surface area contributed by atoms with Crippen LogP contribution in [0.2, 0.25) is 5.02 Å². The van der Waals surface area contributed by atoms with E-state index in [-0.39, 0.29) is 0 Å². The molecule has 0 N–H and O–H groups in total. The Bertz CT molecular complexity index is 618. The lowest BCUT2D eigenvalue weighted by atomic mass is 9.75. The molecule has 0 bridgehead atoms. The first-order valence-corrected chi connectivity index (χ1v) is 7.55. The fourth-order valence-corrected chi connectivity index (χ4v) is 3.76. The van der Waals surface area contributed by atoms with Crippen molar-refractivity contribution >= 4 is 22.5 Å². The molecule has 0 radical (unpaired) electrons. The summed E-state index contributed by atoms with van der Waals surface area (Å²) in [6.07, 6.45) is 2.45. The fraction of sp³-hybridized carbons (Fsp3) is 0.471. The first kappa shape index (κ1) is 12.9. The number of para-hydroxylation sites is 1. The summed E-state index contributed by atoms with van der Waals surface area (Å²) in [6.45, 7) is 6.85. The van der Waals surface area contributed by atoms with Gasteiger partial charge in [0, 0.05) is 17.0 Å². The molecule has 100 valence electrons. The molecule has 0 amide bonds. The molecule has 0 saturated heterocycles. The summed E-state index contributed by atoms with van der Waals surface area (Å²) in [4.78, 5) is 4.95. The first-order valence-electron chi connectivity index (χ1n) is 7.17. The zero-order chi connectivity index (χ0) is 13.6. The van der Waals surface area contributed by atoms with Crippen LogP contribution in [0.15, 0.2) is 24.3 Å². The lowest BCUT2D eigenvalue weighted by Gasteiger charge is -2.32. The zero-order valence-corrected chi connectivity index (χ0v) is 12.5. The second-order valence-electron chi connectivity index (χ2n) is 6.07. The Morgan fingerprint density at radius 3 is 2.68 bits per heavy atom. The van der Waals surface area contributed by atoms with Crippen molar-refractivity contribution in [1.29, 1.82) is 0 Å². The van der Waals surface area contributed by atoms with E-state index in [0.29, 0.717) is 17.8 Å². The summed E-state index contributed by atoms with van der Waals surface area (Å²) in [6, 6.07) is 8.22. The molecule has 1 aromatic heterocycles. The van der Waals surface area contributed by atoms with Crippen LogP contribution in [0, 0.1) is 5.92 Å². The summed E-state index contributed by atoms with van der Waals surface area (Å²) < 4.78 is 0. The number of aromatic nitrogens is 1. The van der Waals surface area contributed by atoms with Crippen molar-refractivity contribution in [3.05, 3.63) is 40.5 Å². The van der Waals surface area contributed by atoms with Gasteiger partial charge in [0.05, 0.1) is 10.5 Å². The lowest BCUT2D eigenvalue weighted by Crippen LogP contribution is -2.19. The SMILES string of the molecule is CC(C)[C@H]1CC[C@@H](C)c2c1nc1ccccc1c2Cl. The van der Waals surface area contributed by atoms with Gasteiger partial charge < -0.3 is 0 Å². The molecule has 1 aliphatic carbocycles. The second-order valence-corrected chi connectivity index (χ2v) is 6.45. The Morgan fingerprint density at radius 1 is 1.21 bits per heavy atom. The van der Waals surface area contributed by atoms with Crippen LogP contribution in [0.4, 0.5) is 0 Å². The van der Waals surface area contributed by atoms with E-state index in [9.17, 15) is 0 Å². The molecule has 1 aliphatic rings. The van der Waals surface area contributed by atoms with Crippen LogP contribution in [0.5, 0.6) is 0 Å². The molecular weight excluding hydrogens is 254 g/mol. The largest absolute Gasteiger partial charge is 0.252 e. The molecule has 0 saturated carbocycles. The first-order chi connectivity index (χ1) is 9.09. The number of nitrogens with zero attached hydrogens (tertiary/aromatic N) is 1. The number of hydrogen-bond acceptors (Lipinski definition) is 1. The van der Waals surface area contributed by atoms with Gasteiger partial charge in [-0.3, -0.25) is 4.98 Å². The highest BCUT2D eigenvalue weighted by Crippen LogP contribution is 2.45. The van der Waals surface area contributed by atoms with E-state index in [2.05, 4.69) is 32.9 Å². The highest BCUT2D eigenvalue weighted by Gasteiger charge is 2.30. The van der Waals surface area contributed by atoms with Crippen LogP contribution in [-0.2, 0) is 0 Å². The third-order valence-corrected chi connectivity index (χ3v) is 4.86. The van der Waals surface area contributed by atoms with Crippen molar-refractivity contribution < 1.29 is 0 Å². The Kier molecular flexibility index (Phi) is 3.26. The van der Waals surface area contributed by atoms with Crippen LogP contribution in [-0.4, -0.2) is 4.98 Å². The van der Waals surface area contributed by atoms with Crippen molar-refractivity contribution in [2.45, 2.75) is 45.4 Å². The molecule has 1 heterocycles. The topological polar surface area (TPSA) is 12.9 Å². The molecule has 1 nitrogen and oxygen atoms in total. The highest BCUT2D eigenvalue weighted by atomic mass is 35.5. The van der Waals surface area contributed by atoms with E-state index >= 15 is 0 Å². The maximum atomic E-state index is 6.68. The van der Waals surface area contributed by atoms with Gasteiger partial charge in [0.15, 0.2) is 0 Å². The van der Waals surface area contributed by atoms with Gasteiger partial charge in [0.2, 0.25) is 0 Å². The van der Waals surface area contributed by atoms with Crippen molar-refractivity contribution in [3.8, 4) is 0 Å². The fourth-order valence-electron chi connectivity index (χ4n) is 3.32. The minimum absolute atomic E-state index is 0.523. The zero-order valence-electron chi connectivity index (χ0n) is 11.8. The van der Waals surface area contributed by atoms with Crippen molar-refractivity contribution in [1.82, 2.24) is 4.98 Å². The van der Waals surface area contributed by atoms with Crippen LogP contribution < -0.4 is 0 Å². The maximum absolute atomic E-state index is 6.68. The monoisotopic (exact) mass is 273 g/mol. The summed E-state index contributed by atoms with van der Waals surface area (Å²) in [5.74, 6) is 1.69. The van der Waals surface area contributed by atoms with Gasteiger partial charge in [0.25, 0.3) is 0 Å². The molecule has 1 aromatic carbocycles. The van der Waals surface area contributed by atoms with E-state index < -0.39 is 0 Å². The smallest absolute Gasteiger partial charge is 0.0720 e. The average Bonchev–Trinajstić information content (AvgIpc) is 2.38. The minimum Gasteiger partial charge on any atom is -0.252 e. The van der Waals surface area contributed by atoms with Gasteiger partial charge in [-0.25, -0.2) is 0 Å². The molecular formula is C17H20ClN. The normalized spacial score (nSPS) is 22.8. The van der Waals surface area contributed by atoms with Gasteiger partial charge in [-0.2, -0.15) is 0 Å². The Balaban J connectivity index is 2.31. The molecule has 0 spiro atoms. The van der Waals surface area contributed by atoms with E-state index in [1.165, 1.54) is 24.1 Å². The van der Waals surface area contributed by atoms with Crippen LogP contribution >= 0.6 is 11.6 Å². The van der Waals surface area contributed by atoms with Crippen molar-refractivity contribution in [3.63, 3.8) is 0 Å². The van der Waals surface area contributed by atoms with Crippen LogP contribution in [0.3, 0.4) is 0 Å². The summed E-state index contributed by atoms with van der Waals surface area (Å²) >= 11 is 6.68. The standard InChI is InChI=1S/C17H20ClN/c1-10(2)12-9-8-11(3)15-16(18)13-6-4-5-7-14(13)19-17(12)15/h4-7,10-12H,8-9H2,1-3H3/t11-,12-/m1/s1. The van der Waals surface area contributed by atoms with E-state index in [4.69, 9.17) is 16.6 Å². The lowest BCUT2D eigenvalue weighted by molar-refractivity contribution is 0.402. The maximum Gasteiger partial charge on any atom is 0.0720 e. The molecule has 2 aromatic rings. The number of pyridine rings is 1. The molecule has 2 heteroatoms. The summed E-state index contributed by atoms with van der Waals surface area (Å²) in [5.41, 5.74) is 3.58. The molecule has 3 rings (SSSR count). The number of rotatable bonds is 1. The van der Waals surface area contributed by atoms with Gasteiger partial charge in [0.1, 0.15) is 0 Å². The highest BCUT2D eigenvalue weighted by molar-refractivity contribution is 6.36. The average molecular weight is 274 g/mol. The number of fused-ring (bicyclic) bond motifs is 2. The molecule has 0 fully saturated rings. The third-order valence-electron chi connectivity index (χ3n) is 4.45. The molecule has 19 heavy (non-hydrogen) atoms. The van der Waals surface area contributed by atoms with Crippen molar-refractivity contribution in [2.75, 3.05) is 0 Å². The van der Waals surface area contributed by atoms with Gasteiger partial charge in [-0.1, -0.05) is 50.6 Å². The predicted molar refractivity (Wildman–Crippen MR) is 82.0 cm³/mol. The molecule has 2 atom stereocenters. The van der Waals surface area contributed by atoms with Crippen LogP contribution in [0.25, 0.3) is 10.9 Å². The van der Waals surface area contributed by atoms with Gasteiger partial charge in [-0.05, 0) is 36.3 Å². The van der Waals surface area contributed by atoms with Gasteiger partial charge in [-0.15, -0.1) is 0 Å². The predicted octanol–water partition coefficient (Wildman–Crippen LogP) is 5.53. The molecule has 0 aliphatic heterocycles.